The van der Waals surface area contributed by atoms with Gasteiger partial charge in [0, 0.05) is 37.3 Å². The van der Waals surface area contributed by atoms with Gasteiger partial charge in [-0.25, -0.2) is 9.69 Å². The number of rotatable bonds is 4. The number of nitrogens with zero attached hydrogens (tertiary/aromatic N) is 3. The van der Waals surface area contributed by atoms with E-state index in [1.807, 2.05) is 22.8 Å². The van der Waals surface area contributed by atoms with Crippen molar-refractivity contribution >= 4 is 23.5 Å². The van der Waals surface area contributed by atoms with Crippen molar-refractivity contribution in [3.8, 4) is 0 Å². The molecule has 0 radical (unpaired) electrons. The first-order valence-corrected chi connectivity index (χ1v) is 11.5. The van der Waals surface area contributed by atoms with E-state index < -0.39 is 18.0 Å². The average molecular weight is 449 g/mol. The van der Waals surface area contributed by atoms with Crippen molar-refractivity contribution in [3.63, 3.8) is 0 Å². The van der Waals surface area contributed by atoms with E-state index >= 15 is 0 Å². The monoisotopic (exact) mass is 448 g/mol. The molecule has 33 heavy (non-hydrogen) atoms. The summed E-state index contributed by atoms with van der Waals surface area (Å²) in [6, 6.07) is 11.3. The van der Waals surface area contributed by atoms with Crippen molar-refractivity contribution in [2.24, 2.45) is 5.92 Å². The number of hydrogen-bond donors (Lipinski definition) is 1. The van der Waals surface area contributed by atoms with Crippen LogP contribution in [-0.2, 0) is 16.1 Å². The van der Waals surface area contributed by atoms with Gasteiger partial charge in [0.25, 0.3) is 11.5 Å². The molecule has 3 atom stereocenters. The van der Waals surface area contributed by atoms with Crippen LogP contribution in [0, 0.1) is 5.92 Å². The van der Waals surface area contributed by atoms with Gasteiger partial charge in [-0.1, -0.05) is 32.0 Å². The van der Waals surface area contributed by atoms with Gasteiger partial charge in [-0.3, -0.25) is 14.4 Å². The lowest BCUT2D eigenvalue weighted by Gasteiger charge is -2.43. The number of piperidine rings is 1. The molecule has 5 rings (SSSR count). The number of aromatic nitrogens is 1. The van der Waals surface area contributed by atoms with Gasteiger partial charge in [-0.2, -0.15) is 0 Å². The highest BCUT2D eigenvalue weighted by Gasteiger charge is 2.42. The summed E-state index contributed by atoms with van der Waals surface area (Å²) in [5, 5.41) is 2.68. The van der Waals surface area contributed by atoms with Gasteiger partial charge in [0.2, 0.25) is 5.91 Å². The van der Waals surface area contributed by atoms with Crippen molar-refractivity contribution < 1.29 is 14.4 Å². The molecular weight excluding hydrogens is 420 g/mol. The van der Waals surface area contributed by atoms with Crippen LogP contribution in [0.5, 0.6) is 0 Å². The van der Waals surface area contributed by atoms with Gasteiger partial charge >= 0.3 is 6.03 Å². The predicted molar refractivity (Wildman–Crippen MR) is 123 cm³/mol. The van der Waals surface area contributed by atoms with E-state index in [4.69, 9.17) is 0 Å². The fourth-order valence-corrected chi connectivity index (χ4v) is 5.33. The van der Waals surface area contributed by atoms with Gasteiger partial charge in [0.05, 0.1) is 12.1 Å². The molecule has 2 aromatic rings. The molecule has 1 aromatic heterocycles. The van der Waals surface area contributed by atoms with Gasteiger partial charge in [0.1, 0.15) is 6.04 Å². The molecule has 2 saturated heterocycles. The lowest BCUT2D eigenvalue weighted by molar-refractivity contribution is -0.136. The van der Waals surface area contributed by atoms with Crippen LogP contribution < -0.4 is 15.8 Å². The molecule has 8 heteroatoms. The van der Waals surface area contributed by atoms with Crippen LogP contribution in [0.3, 0.4) is 0 Å². The predicted octanol–water partition coefficient (Wildman–Crippen LogP) is 2.43. The third-order valence-electron chi connectivity index (χ3n) is 7.05. The second-order valence-corrected chi connectivity index (χ2v) is 9.62. The van der Waals surface area contributed by atoms with E-state index in [9.17, 15) is 19.2 Å². The number of pyridine rings is 1. The van der Waals surface area contributed by atoms with E-state index in [0.717, 1.165) is 22.6 Å². The number of anilines is 1. The number of hydrogen-bond acceptors (Lipinski definition) is 4. The highest BCUT2D eigenvalue weighted by atomic mass is 16.2. The number of imide groups is 1. The molecule has 3 aliphatic rings. The van der Waals surface area contributed by atoms with Crippen LogP contribution in [0.1, 0.15) is 49.8 Å². The highest BCUT2D eigenvalue weighted by Crippen LogP contribution is 2.35. The molecule has 0 spiro atoms. The molecule has 2 fully saturated rings. The molecule has 0 saturated carbocycles. The number of likely N-dealkylation sites (tertiary alicyclic amines) is 1. The molecule has 1 N–H and O–H groups in total. The molecule has 0 unspecified atom stereocenters. The number of amides is 4. The Balaban J connectivity index is 1.27. The van der Waals surface area contributed by atoms with Gasteiger partial charge in [-0.05, 0) is 42.0 Å². The molecule has 0 aliphatic carbocycles. The smallest absolute Gasteiger partial charge is 0.329 e. The van der Waals surface area contributed by atoms with E-state index in [1.165, 1.54) is 0 Å². The molecule has 1 aromatic carbocycles. The summed E-state index contributed by atoms with van der Waals surface area (Å²) < 4.78 is 1.82. The fourth-order valence-electron chi connectivity index (χ4n) is 5.33. The summed E-state index contributed by atoms with van der Waals surface area (Å²) in [5.74, 6) is 0.124. The molecule has 8 nitrogen and oxygen atoms in total. The van der Waals surface area contributed by atoms with E-state index in [0.29, 0.717) is 31.2 Å². The summed E-state index contributed by atoms with van der Waals surface area (Å²) in [5.41, 5.74) is 2.60. The van der Waals surface area contributed by atoms with E-state index in [2.05, 4.69) is 19.2 Å². The Kier molecular flexibility index (Phi) is 5.31. The molecular formula is C25H28N4O4. The van der Waals surface area contributed by atoms with Gasteiger partial charge < -0.3 is 14.8 Å². The Morgan fingerprint density at radius 1 is 1.03 bits per heavy atom. The SMILES string of the molecule is CC(C)c1ccc(N2C(=O)N[C@H](CC(=O)N3C[C@H]4C[C@@H](C3)c3cccc(=O)n3C4)C2=O)cc1. The summed E-state index contributed by atoms with van der Waals surface area (Å²) >= 11 is 0. The minimum absolute atomic E-state index is 0.00256. The Labute approximate surface area is 192 Å². The minimum Gasteiger partial charge on any atom is -0.342 e. The Bertz CT molecular complexity index is 1170. The first-order chi connectivity index (χ1) is 15.8. The standard InChI is InChI=1S/C25H28N4O4/c1-15(2)17-6-8-19(9-7-17)29-24(32)20(26-25(29)33)11-23(31)27-12-16-10-18(14-27)21-4-3-5-22(30)28(21)13-16/h3-9,15-16,18,20H,10-14H2,1-2H3,(H,26,33)/t16-,18+,20-/m1/s1. The van der Waals surface area contributed by atoms with Crippen LogP contribution in [-0.4, -0.2) is 46.4 Å². The van der Waals surface area contributed by atoms with Gasteiger partial charge in [0.15, 0.2) is 0 Å². The summed E-state index contributed by atoms with van der Waals surface area (Å²) in [6.45, 7) is 5.85. The molecule has 4 amide bonds. The van der Waals surface area contributed by atoms with E-state index in [-0.39, 0.29) is 29.7 Å². The number of carbonyl (C=O) groups is 3. The fraction of sp³-hybridized carbons (Fsp3) is 0.440. The highest BCUT2D eigenvalue weighted by molar-refractivity contribution is 6.22. The third-order valence-corrected chi connectivity index (χ3v) is 7.05. The van der Waals surface area contributed by atoms with Crippen molar-refractivity contribution in [2.75, 3.05) is 18.0 Å². The lowest BCUT2D eigenvalue weighted by atomic mass is 9.83. The first kappa shape index (κ1) is 21.4. The summed E-state index contributed by atoms with van der Waals surface area (Å²) in [4.78, 5) is 53.8. The van der Waals surface area contributed by atoms with Crippen molar-refractivity contribution in [3.05, 3.63) is 64.1 Å². The Morgan fingerprint density at radius 3 is 2.52 bits per heavy atom. The number of urea groups is 1. The Morgan fingerprint density at radius 2 is 1.79 bits per heavy atom. The maximum atomic E-state index is 13.1. The number of nitrogens with one attached hydrogen (secondary N) is 1. The van der Waals surface area contributed by atoms with Crippen LogP contribution in [0.25, 0.3) is 0 Å². The van der Waals surface area contributed by atoms with Crippen molar-refractivity contribution in [1.82, 2.24) is 14.8 Å². The van der Waals surface area contributed by atoms with Crippen LogP contribution >= 0.6 is 0 Å². The first-order valence-electron chi connectivity index (χ1n) is 11.5. The minimum atomic E-state index is -0.869. The average Bonchev–Trinajstić information content (AvgIpc) is 3.07. The molecule has 3 aliphatic heterocycles. The summed E-state index contributed by atoms with van der Waals surface area (Å²) in [6.07, 6.45) is 0.888. The quantitative estimate of drug-likeness (QED) is 0.728. The second kappa shape index (κ2) is 8.17. The number of carbonyl (C=O) groups excluding carboxylic acids is 3. The van der Waals surface area contributed by atoms with Crippen molar-refractivity contribution in [1.29, 1.82) is 0 Å². The molecule has 4 heterocycles. The van der Waals surface area contributed by atoms with Crippen LogP contribution in [0.4, 0.5) is 10.5 Å². The zero-order chi connectivity index (χ0) is 23.3. The number of fused-ring (bicyclic) bond motifs is 4. The molecule has 172 valence electrons. The second-order valence-electron chi connectivity index (χ2n) is 9.62. The number of benzene rings is 1. The summed E-state index contributed by atoms with van der Waals surface area (Å²) in [7, 11) is 0. The van der Waals surface area contributed by atoms with E-state index in [1.54, 1.807) is 29.2 Å². The Hall–Kier alpha value is -3.42. The molecule has 2 bridgehead atoms. The maximum absolute atomic E-state index is 13.1. The lowest BCUT2D eigenvalue weighted by Crippen LogP contribution is -2.50. The van der Waals surface area contributed by atoms with Crippen LogP contribution in [0.15, 0.2) is 47.3 Å². The van der Waals surface area contributed by atoms with Crippen LogP contribution in [0.2, 0.25) is 0 Å². The zero-order valence-electron chi connectivity index (χ0n) is 18.9. The largest absolute Gasteiger partial charge is 0.342 e. The topological polar surface area (TPSA) is 91.7 Å². The normalized spacial score (nSPS) is 24.2. The third kappa shape index (κ3) is 3.83. The zero-order valence-corrected chi connectivity index (χ0v) is 18.9. The maximum Gasteiger partial charge on any atom is 0.329 e. The van der Waals surface area contributed by atoms with Crippen molar-refractivity contribution in [2.45, 2.75) is 51.1 Å². The van der Waals surface area contributed by atoms with Gasteiger partial charge in [-0.15, -0.1) is 0 Å².